The molecule has 1 unspecified atom stereocenters. The van der Waals surface area contributed by atoms with Crippen LogP contribution in [0.15, 0.2) is 48.5 Å². The summed E-state index contributed by atoms with van der Waals surface area (Å²) in [5.74, 6) is 0. The number of nitrogens with zero attached hydrogens (tertiary/aromatic N) is 1. The fraction of sp³-hybridized carbons (Fsp3) is 0.455. The molecule has 2 nitrogen and oxygen atoms in total. The number of hydrogen-bond donors (Lipinski definition) is 0. The summed E-state index contributed by atoms with van der Waals surface area (Å²) in [7, 11) is 0. The summed E-state index contributed by atoms with van der Waals surface area (Å²) < 4.78 is 6.59. The van der Waals surface area contributed by atoms with Crippen LogP contribution in [0.25, 0.3) is 0 Å². The minimum Gasteiger partial charge on any atom is -0.365 e. The zero-order chi connectivity index (χ0) is 18.7. The van der Waals surface area contributed by atoms with Crippen molar-refractivity contribution < 1.29 is 4.74 Å². The molecule has 1 heterocycles. The van der Waals surface area contributed by atoms with Gasteiger partial charge in [-0.15, -0.1) is 0 Å². The van der Waals surface area contributed by atoms with E-state index in [1.54, 1.807) is 0 Å². The van der Waals surface area contributed by atoms with Crippen LogP contribution in [0.3, 0.4) is 0 Å². The van der Waals surface area contributed by atoms with Crippen molar-refractivity contribution in [2.45, 2.75) is 51.4 Å². The lowest BCUT2D eigenvalue weighted by molar-refractivity contribution is -0.0408. The van der Waals surface area contributed by atoms with Crippen molar-refractivity contribution >= 4 is 23.2 Å². The molecular weight excluding hydrogens is 365 g/mol. The lowest BCUT2D eigenvalue weighted by Crippen LogP contribution is -2.47. The Kier molecular flexibility index (Phi) is 6.29. The van der Waals surface area contributed by atoms with Crippen LogP contribution in [0, 0.1) is 0 Å². The molecule has 0 bridgehead atoms. The first kappa shape index (κ1) is 19.7. The van der Waals surface area contributed by atoms with Crippen LogP contribution in [-0.4, -0.2) is 29.6 Å². The summed E-state index contributed by atoms with van der Waals surface area (Å²) in [6.45, 7) is 8.94. The molecule has 1 saturated heterocycles. The smallest absolute Gasteiger partial charge is 0.109 e. The molecule has 1 atom stereocenters. The van der Waals surface area contributed by atoms with Crippen LogP contribution in [0.4, 0.5) is 0 Å². The third-order valence-electron chi connectivity index (χ3n) is 5.08. The highest BCUT2D eigenvalue weighted by Gasteiger charge is 2.29. The predicted molar refractivity (Wildman–Crippen MR) is 110 cm³/mol. The Labute approximate surface area is 167 Å². The van der Waals surface area contributed by atoms with Gasteiger partial charge in [-0.05, 0) is 57.4 Å². The van der Waals surface area contributed by atoms with Crippen molar-refractivity contribution in [2.24, 2.45) is 0 Å². The molecule has 1 aliphatic rings. The molecule has 4 heteroatoms. The Morgan fingerprint density at radius 1 is 0.962 bits per heavy atom. The average Bonchev–Trinajstić information content (AvgIpc) is 2.61. The standard InChI is InChI=1S/C22H27Cl2NO/c1-22(2,3)25-14-12-18(13-15-25)26-21(16-8-10-17(23)11-9-16)19-6-4-5-7-20(19)24/h4-11,18,21H,12-15H2,1-3H3. The van der Waals surface area contributed by atoms with Crippen molar-refractivity contribution in [3.8, 4) is 0 Å². The van der Waals surface area contributed by atoms with Crippen LogP contribution in [0.5, 0.6) is 0 Å². The van der Waals surface area contributed by atoms with E-state index in [9.17, 15) is 0 Å². The van der Waals surface area contributed by atoms with Gasteiger partial charge in [-0.2, -0.15) is 0 Å². The van der Waals surface area contributed by atoms with Gasteiger partial charge in [0.15, 0.2) is 0 Å². The van der Waals surface area contributed by atoms with Gasteiger partial charge in [0.25, 0.3) is 0 Å². The number of piperidine rings is 1. The summed E-state index contributed by atoms with van der Waals surface area (Å²) in [6, 6.07) is 15.8. The maximum Gasteiger partial charge on any atom is 0.109 e. The Morgan fingerprint density at radius 3 is 2.15 bits per heavy atom. The molecule has 1 aliphatic heterocycles. The fourth-order valence-corrected chi connectivity index (χ4v) is 3.87. The van der Waals surface area contributed by atoms with Crippen molar-refractivity contribution in [2.75, 3.05) is 13.1 Å². The van der Waals surface area contributed by atoms with E-state index in [1.165, 1.54) is 0 Å². The van der Waals surface area contributed by atoms with Gasteiger partial charge in [0, 0.05) is 34.2 Å². The van der Waals surface area contributed by atoms with Crippen LogP contribution < -0.4 is 0 Å². The SMILES string of the molecule is CC(C)(C)N1CCC(OC(c2ccc(Cl)cc2)c2ccccc2Cl)CC1. The van der Waals surface area contributed by atoms with E-state index in [4.69, 9.17) is 27.9 Å². The molecule has 0 aliphatic carbocycles. The van der Waals surface area contributed by atoms with Gasteiger partial charge in [-0.3, -0.25) is 4.90 Å². The minimum atomic E-state index is -0.174. The first-order valence-corrected chi connectivity index (χ1v) is 10.0. The molecule has 1 fully saturated rings. The molecular formula is C22H27Cl2NO. The van der Waals surface area contributed by atoms with Crippen molar-refractivity contribution in [3.05, 3.63) is 69.7 Å². The molecule has 0 saturated carbocycles. The predicted octanol–water partition coefficient (Wildman–Crippen LogP) is 6.36. The molecule has 2 aromatic rings. The average molecular weight is 392 g/mol. The van der Waals surface area contributed by atoms with Gasteiger partial charge in [0.05, 0.1) is 6.10 Å². The van der Waals surface area contributed by atoms with E-state index >= 15 is 0 Å². The summed E-state index contributed by atoms with van der Waals surface area (Å²) >= 11 is 12.6. The molecule has 140 valence electrons. The highest BCUT2D eigenvalue weighted by atomic mass is 35.5. The second-order valence-corrected chi connectivity index (χ2v) is 8.79. The number of halogens is 2. The molecule has 0 N–H and O–H groups in total. The van der Waals surface area contributed by atoms with Crippen LogP contribution in [0.1, 0.15) is 50.8 Å². The van der Waals surface area contributed by atoms with Crippen LogP contribution in [-0.2, 0) is 4.74 Å². The van der Waals surface area contributed by atoms with Crippen molar-refractivity contribution in [1.29, 1.82) is 0 Å². The number of rotatable bonds is 4. The third-order valence-corrected chi connectivity index (χ3v) is 5.68. The van der Waals surface area contributed by atoms with Gasteiger partial charge in [0.2, 0.25) is 0 Å². The van der Waals surface area contributed by atoms with E-state index in [2.05, 4.69) is 25.7 Å². The van der Waals surface area contributed by atoms with Crippen LogP contribution in [0.2, 0.25) is 10.0 Å². The van der Waals surface area contributed by atoms with Crippen molar-refractivity contribution in [1.82, 2.24) is 4.90 Å². The first-order valence-electron chi connectivity index (χ1n) is 9.25. The monoisotopic (exact) mass is 391 g/mol. The summed E-state index contributed by atoms with van der Waals surface area (Å²) in [5.41, 5.74) is 2.30. The Bertz CT molecular complexity index is 716. The second-order valence-electron chi connectivity index (χ2n) is 7.95. The largest absolute Gasteiger partial charge is 0.365 e. The molecule has 0 spiro atoms. The highest BCUT2D eigenvalue weighted by Crippen LogP contribution is 2.35. The van der Waals surface area contributed by atoms with Gasteiger partial charge < -0.3 is 4.74 Å². The van der Waals surface area contributed by atoms with E-state index in [0.717, 1.165) is 47.1 Å². The molecule has 0 radical (unpaired) electrons. The van der Waals surface area contributed by atoms with E-state index in [0.29, 0.717) is 0 Å². The zero-order valence-corrected chi connectivity index (χ0v) is 17.2. The molecule has 0 amide bonds. The zero-order valence-electron chi connectivity index (χ0n) is 15.7. The quantitative estimate of drug-likeness (QED) is 0.600. The van der Waals surface area contributed by atoms with Crippen LogP contribution >= 0.6 is 23.2 Å². The molecule has 0 aromatic heterocycles. The van der Waals surface area contributed by atoms with Crippen molar-refractivity contribution in [3.63, 3.8) is 0 Å². The summed E-state index contributed by atoms with van der Waals surface area (Å²) in [5, 5.41) is 1.46. The lowest BCUT2D eigenvalue weighted by Gasteiger charge is -2.41. The number of likely N-dealkylation sites (tertiary alicyclic amines) is 1. The van der Waals surface area contributed by atoms with Gasteiger partial charge in [-0.1, -0.05) is 53.5 Å². The molecule has 3 rings (SSSR count). The Morgan fingerprint density at radius 2 is 1.58 bits per heavy atom. The number of ether oxygens (including phenoxy) is 1. The highest BCUT2D eigenvalue weighted by molar-refractivity contribution is 6.31. The maximum absolute atomic E-state index is 6.59. The fourth-order valence-electron chi connectivity index (χ4n) is 3.51. The summed E-state index contributed by atoms with van der Waals surface area (Å²) in [6.07, 6.45) is 2.12. The minimum absolute atomic E-state index is 0.174. The molecule has 26 heavy (non-hydrogen) atoms. The second kappa shape index (κ2) is 8.31. The number of hydrogen-bond acceptors (Lipinski definition) is 2. The maximum atomic E-state index is 6.59. The number of benzene rings is 2. The summed E-state index contributed by atoms with van der Waals surface area (Å²) in [4.78, 5) is 2.53. The topological polar surface area (TPSA) is 12.5 Å². The first-order chi connectivity index (χ1) is 12.3. The van der Waals surface area contributed by atoms with E-state index in [-0.39, 0.29) is 17.7 Å². The van der Waals surface area contributed by atoms with Gasteiger partial charge >= 0.3 is 0 Å². The van der Waals surface area contributed by atoms with Gasteiger partial charge in [-0.25, -0.2) is 0 Å². The Balaban J connectivity index is 1.79. The van der Waals surface area contributed by atoms with Gasteiger partial charge in [0.1, 0.15) is 6.10 Å². The third kappa shape index (κ3) is 4.80. The Hall–Kier alpha value is -1.06. The van der Waals surface area contributed by atoms with E-state index < -0.39 is 0 Å². The lowest BCUT2D eigenvalue weighted by atomic mass is 9.97. The normalized spacial score (nSPS) is 18.0. The molecule has 2 aromatic carbocycles. The van der Waals surface area contributed by atoms with E-state index in [1.807, 2.05) is 48.5 Å².